The van der Waals surface area contributed by atoms with Crippen molar-refractivity contribution in [1.29, 1.82) is 0 Å². The van der Waals surface area contributed by atoms with Crippen molar-refractivity contribution in [3.05, 3.63) is 25.0 Å². The van der Waals surface area contributed by atoms with Crippen molar-refractivity contribution >= 4 is 0 Å². The number of hydrogen-bond donors (Lipinski definition) is 1. The van der Waals surface area contributed by atoms with Gasteiger partial charge in [0.15, 0.2) is 0 Å². The highest BCUT2D eigenvalue weighted by Gasteiger charge is 1.91. The van der Waals surface area contributed by atoms with Crippen LogP contribution in [0.3, 0.4) is 0 Å². The summed E-state index contributed by atoms with van der Waals surface area (Å²) in [6.45, 7) is 3.72. The van der Waals surface area contributed by atoms with Crippen molar-refractivity contribution in [2.45, 2.75) is 64.2 Å². The summed E-state index contributed by atoms with van der Waals surface area (Å²) >= 11 is 0. The van der Waals surface area contributed by atoms with Gasteiger partial charge in [-0.25, -0.2) is 0 Å². The van der Waals surface area contributed by atoms with Crippen LogP contribution in [0, 0.1) is 0 Å². The summed E-state index contributed by atoms with van der Waals surface area (Å²) in [7, 11) is 0. The summed E-state index contributed by atoms with van der Waals surface area (Å²) in [5, 5.41) is 8.42. The topological polar surface area (TPSA) is 20.2 Å². The summed E-state index contributed by atoms with van der Waals surface area (Å²) in [5.41, 5.74) is 0. The number of unbranched alkanes of at least 4 members (excludes halogenated alkanes) is 9. The average molecular weight is 210 g/mol. The van der Waals surface area contributed by atoms with E-state index in [2.05, 4.69) is 6.58 Å². The number of allylic oxidation sites excluding steroid dienone is 2. The fourth-order valence-electron chi connectivity index (χ4n) is 1.69. The molecule has 0 aromatic rings. The fourth-order valence-corrected chi connectivity index (χ4v) is 1.69. The monoisotopic (exact) mass is 210 g/mol. The second-order valence-electron chi connectivity index (χ2n) is 4.08. The Morgan fingerprint density at radius 1 is 0.733 bits per heavy atom. The van der Waals surface area contributed by atoms with Crippen LogP contribution in [0.1, 0.15) is 64.2 Å². The maximum atomic E-state index is 8.42. The summed E-state index contributed by atoms with van der Waals surface area (Å²) in [4.78, 5) is 0. The van der Waals surface area contributed by atoms with Crippen molar-refractivity contribution in [2.75, 3.05) is 0 Å². The molecule has 15 heavy (non-hydrogen) atoms. The van der Waals surface area contributed by atoms with Crippen molar-refractivity contribution in [3.63, 3.8) is 0 Å². The highest BCUT2D eigenvalue weighted by molar-refractivity contribution is 4.70. The maximum absolute atomic E-state index is 8.42. The zero-order valence-corrected chi connectivity index (χ0v) is 9.96. The van der Waals surface area contributed by atoms with Gasteiger partial charge in [0.25, 0.3) is 0 Å². The lowest BCUT2D eigenvalue weighted by Gasteiger charge is -2.00. The number of aliphatic hydroxyl groups is 1. The van der Waals surface area contributed by atoms with Crippen LogP contribution in [0.2, 0.25) is 0 Å². The van der Waals surface area contributed by atoms with Gasteiger partial charge in [0.05, 0.1) is 6.26 Å². The minimum atomic E-state index is 1.02. The Morgan fingerprint density at radius 3 is 1.67 bits per heavy atom. The molecule has 1 N–H and O–H groups in total. The van der Waals surface area contributed by atoms with Crippen molar-refractivity contribution < 1.29 is 5.11 Å². The van der Waals surface area contributed by atoms with E-state index in [9.17, 15) is 0 Å². The Labute approximate surface area is 94.9 Å². The van der Waals surface area contributed by atoms with Crippen LogP contribution in [-0.4, -0.2) is 5.11 Å². The first-order chi connectivity index (χ1) is 7.41. The Balaban J connectivity index is 2.89. The fraction of sp³-hybridized carbons (Fsp3) is 0.714. The third-order valence-electron chi connectivity index (χ3n) is 2.63. The van der Waals surface area contributed by atoms with E-state index < -0.39 is 0 Å². The van der Waals surface area contributed by atoms with Crippen LogP contribution in [-0.2, 0) is 0 Å². The third kappa shape index (κ3) is 13.3. The molecule has 0 saturated heterocycles. The predicted molar refractivity (Wildman–Crippen MR) is 68.1 cm³/mol. The van der Waals surface area contributed by atoms with Crippen LogP contribution in [0.4, 0.5) is 0 Å². The molecule has 1 heteroatoms. The van der Waals surface area contributed by atoms with Gasteiger partial charge in [-0.05, 0) is 25.7 Å². The van der Waals surface area contributed by atoms with E-state index in [1.165, 1.54) is 57.8 Å². The molecule has 0 rings (SSSR count). The second-order valence-corrected chi connectivity index (χ2v) is 4.08. The summed E-state index contributed by atoms with van der Waals surface area (Å²) in [6, 6.07) is 0. The molecule has 88 valence electrons. The van der Waals surface area contributed by atoms with Crippen LogP contribution in [0.25, 0.3) is 0 Å². The highest BCUT2D eigenvalue weighted by atomic mass is 16.2. The van der Waals surface area contributed by atoms with Gasteiger partial charge in [-0.15, -0.1) is 6.58 Å². The van der Waals surface area contributed by atoms with E-state index in [1.54, 1.807) is 0 Å². The quantitative estimate of drug-likeness (QED) is 0.284. The van der Waals surface area contributed by atoms with Gasteiger partial charge in [-0.2, -0.15) is 0 Å². The van der Waals surface area contributed by atoms with Crippen LogP contribution in [0.5, 0.6) is 0 Å². The van der Waals surface area contributed by atoms with E-state index in [0.29, 0.717) is 0 Å². The Kier molecular flexibility index (Phi) is 12.6. The normalized spacial score (nSPS) is 10.9. The Morgan fingerprint density at radius 2 is 1.20 bits per heavy atom. The molecule has 0 aliphatic carbocycles. The number of hydrogen-bond acceptors (Lipinski definition) is 1. The smallest absolute Gasteiger partial charge is 0.0751 e. The summed E-state index contributed by atoms with van der Waals surface area (Å²) in [5.74, 6) is 0. The average Bonchev–Trinajstić information content (AvgIpc) is 2.26. The zero-order valence-electron chi connectivity index (χ0n) is 9.96. The minimum Gasteiger partial charge on any atom is -0.516 e. The molecule has 0 aromatic heterocycles. The van der Waals surface area contributed by atoms with Crippen LogP contribution < -0.4 is 0 Å². The summed E-state index contributed by atoms with van der Waals surface area (Å²) in [6.07, 6.45) is 17.9. The molecule has 0 spiro atoms. The first-order valence-electron chi connectivity index (χ1n) is 6.32. The molecule has 0 aromatic carbocycles. The molecule has 0 heterocycles. The number of rotatable bonds is 11. The molecule has 0 aliphatic heterocycles. The van der Waals surface area contributed by atoms with Gasteiger partial charge in [-0.3, -0.25) is 0 Å². The van der Waals surface area contributed by atoms with E-state index in [4.69, 9.17) is 5.11 Å². The number of aliphatic hydroxyl groups excluding tert-OH is 1. The lowest BCUT2D eigenvalue weighted by atomic mass is 10.1. The van der Waals surface area contributed by atoms with Gasteiger partial charge >= 0.3 is 0 Å². The van der Waals surface area contributed by atoms with Gasteiger partial charge in [0.1, 0.15) is 0 Å². The van der Waals surface area contributed by atoms with E-state index >= 15 is 0 Å². The molecule has 1 nitrogen and oxygen atoms in total. The van der Waals surface area contributed by atoms with Crippen LogP contribution >= 0.6 is 0 Å². The lowest BCUT2D eigenvalue weighted by molar-refractivity contribution is 0.469. The molecular formula is C14H26O. The molecule has 0 bridgehead atoms. The van der Waals surface area contributed by atoms with Crippen molar-refractivity contribution in [2.24, 2.45) is 0 Å². The largest absolute Gasteiger partial charge is 0.516 e. The third-order valence-corrected chi connectivity index (χ3v) is 2.63. The molecule has 0 aliphatic rings. The first-order valence-corrected chi connectivity index (χ1v) is 6.32. The molecule has 0 radical (unpaired) electrons. The van der Waals surface area contributed by atoms with Crippen LogP contribution in [0.15, 0.2) is 25.0 Å². The molecule has 0 unspecified atom stereocenters. The van der Waals surface area contributed by atoms with E-state index in [0.717, 1.165) is 12.7 Å². The standard InChI is InChI=1S/C14H26O/c1-2-3-4-5-6-7-8-9-10-11-12-13-14-15/h2,13-15H,1,3-12H2/b14-13+. The summed E-state index contributed by atoms with van der Waals surface area (Å²) < 4.78 is 0. The van der Waals surface area contributed by atoms with Gasteiger partial charge in [0.2, 0.25) is 0 Å². The molecule has 0 fully saturated rings. The van der Waals surface area contributed by atoms with Crippen molar-refractivity contribution in [3.8, 4) is 0 Å². The highest BCUT2D eigenvalue weighted by Crippen LogP contribution is 2.10. The van der Waals surface area contributed by atoms with Gasteiger partial charge in [0, 0.05) is 0 Å². The predicted octanol–water partition coefficient (Wildman–Crippen LogP) is 5.15. The minimum absolute atomic E-state index is 1.02. The maximum Gasteiger partial charge on any atom is 0.0751 e. The molecular weight excluding hydrogens is 184 g/mol. The molecule has 0 saturated carbocycles. The Hall–Kier alpha value is -0.720. The van der Waals surface area contributed by atoms with Gasteiger partial charge < -0.3 is 5.11 Å². The van der Waals surface area contributed by atoms with E-state index in [-0.39, 0.29) is 0 Å². The van der Waals surface area contributed by atoms with Crippen molar-refractivity contribution in [1.82, 2.24) is 0 Å². The second kappa shape index (κ2) is 13.3. The SMILES string of the molecule is C=CCCCCCCCCCC/C=C/O. The van der Waals surface area contributed by atoms with E-state index in [1.807, 2.05) is 12.2 Å². The zero-order chi connectivity index (χ0) is 11.2. The van der Waals surface area contributed by atoms with Gasteiger partial charge in [-0.1, -0.05) is 50.7 Å². The molecule has 0 amide bonds. The first kappa shape index (κ1) is 14.3. The molecule has 0 atom stereocenters. The Bertz CT molecular complexity index is 149. The lowest BCUT2D eigenvalue weighted by Crippen LogP contribution is -1.80.